The Labute approximate surface area is 129 Å². The molecule has 1 unspecified atom stereocenters. The smallest absolute Gasteiger partial charge is 0.231 e. The summed E-state index contributed by atoms with van der Waals surface area (Å²) in [6.07, 6.45) is 0. The van der Waals surface area contributed by atoms with E-state index in [0.717, 1.165) is 41.7 Å². The van der Waals surface area contributed by atoms with Gasteiger partial charge in [0.15, 0.2) is 11.5 Å². The van der Waals surface area contributed by atoms with Gasteiger partial charge in [-0.25, -0.2) is 0 Å². The number of methoxy groups -OCH3 is 1. The number of benzene rings is 2. The highest BCUT2D eigenvalue weighted by atomic mass is 16.7. The van der Waals surface area contributed by atoms with Crippen molar-refractivity contribution >= 4 is 0 Å². The highest BCUT2D eigenvalue weighted by Crippen LogP contribution is 2.38. The average Bonchev–Trinajstić information content (AvgIpc) is 3.00. The lowest BCUT2D eigenvalue weighted by Crippen LogP contribution is -3.10. The first-order valence-electron chi connectivity index (χ1n) is 7.34. The normalized spacial score (nSPS) is 18.5. The molecule has 1 atom stereocenters. The predicted octanol–water partition coefficient (Wildman–Crippen LogP) is 1.36. The summed E-state index contributed by atoms with van der Waals surface area (Å²) in [4.78, 5) is 1.33. The molecule has 0 radical (unpaired) electrons. The van der Waals surface area contributed by atoms with E-state index in [1.54, 1.807) is 7.11 Å². The van der Waals surface area contributed by atoms with Gasteiger partial charge in [0.25, 0.3) is 0 Å². The molecule has 5 heteroatoms. The lowest BCUT2D eigenvalue weighted by atomic mass is 10.1. The van der Waals surface area contributed by atoms with E-state index >= 15 is 0 Å². The Bertz CT molecular complexity index is 701. The number of para-hydroxylation sites is 1. The monoisotopic (exact) mass is 300 g/mol. The molecule has 1 N–H and O–H groups in total. The van der Waals surface area contributed by atoms with Crippen molar-refractivity contribution < 1.29 is 23.8 Å². The summed E-state index contributed by atoms with van der Waals surface area (Å²) in [6, 6.07) is 12.1. The Morgan fingerprint density at radius 1 is 1.05 bits per heavy atom. The Kier molecular flexibility index (Phi) is 3.27. The molecule has 5 nitrogen and oxygen atoms in total. The maximum absolute atomic E-state index is 5.89. The number of hydrogen-bond donors (Lipinski definition) is 1. The van der Waals surface area contributed by atoms with Crippen LogP contribution < -0.4 is 23.8 Å². The molecule has 0 aromatic heterocycles. The van der Waals surface area contributed by atoms with E-state index in [-0.39, 0.29) is 6.79 Å². The lowest BCUT2D eigenvalue weighted by molar-refractivity contribution is -0.945. The summed E-state index contributed by atoms with van der Waals surface area (Å²) in [6.45, 7) is 2.67. The van der Waals surface area contributed by atoms with Gasteiger partial charge < -0.3 is 18.9 Å². The van der Waals surface area contributed by atoms with Gasteiger partial charge in [0.05, 0.1) is 12.7 Å². The molecule has 2 aliphatic heterocycles. The fourth-order valence-electron chi connectivity index (χ4n) is 2.97. The van der Waals surface area contributed by atoms with Crippen LogP contribution in [0.5, 0.6) is 23.0 Å². The maximum Gasteiger partial charge on any atom is 0.231 e. The van der Waals surface area contributed by atoms with Crippen molar-refractivity contribution in [3.8, 4) is 23.0 Å². The van der Waals surface area contributed by atoms with E-state index < -0.39 is 0 Å². The maximum atomic E-state index is 5.89. The first-order chi connectivity index (χ1) is 10.8. The van der Waals surface area contributed by atoms with Crippen LogP contribution in [0.15, 0.2) is 36.4 Å². The minimum Gasteiger partial charge on any atom is -0.496 e. The van der Waals surface area contributed by atoms with Crippen LogP contribution in [0.25, 0.3) is 0 Å². The topological polar surface area (TPSA) is 41.4 Å². The van der Waals surface area contributed by atoms with Gasteiger partial charge in [-0.1, -0.05) is 12.1 Å². The van der Waals surface area contributed by atoms with Crippen LogP contribution in [0.3, 0.4) is 0 Å². The van der Waals surface area contributed by atoms with Crippen molar-refractivity contribution in [3.63, 3.8) is 0 Å². The molecule has 0 saturated heterocycles. The molecular formula is C17H18NO4+. The standard InChI is InChI=1S/C17H17NO4/c1-19-14-5-3-2-4-12(14)8-18-9-13-6-16-17(22-11-21-16)7-15(13)20-10-18/h2-7H,8-11H2,1H3/p+1. The van der Waals surface area contributed by atoms with Gasteiger partial charge in [0, 0.05) is 11.6 Å². The van der Waals surface area contributed by atoms with Crippen molar-refractivity contribution in [2.75, 3.05) is 20.6 Å². The Balaban J connectivity index is 1.54. The minimum atomic E-state index is 0.288. The number of quaternary nitrogens is 1. The predicted molar refractivity (Wildman–Crippen MR) is 79.4 cm³/mol. The SMILES string of the molecule is COc1ccccc1C[NH+]1COc2cc3c(cc2C1)OCO3. The van der Waals surface area contributed by atoms with E-state index in [0.29, 0.717) is 6.73 Å². The molecule has 4 rings (SSSR count). The molecule has 0 saturated carbocycles. The van der Waals surface area contributed by atoms with Crippen LogP contribution in [0.1, 0.15) is 11.1 Å². The van der Waals surface area contributed by atoms with Crippen LogP contribution in [0.2, 0.25) is 0 Å². The third-order valence-electron chi connectivity index (χ3n) is 4.06. The molecule has 0 spiro atoms. The summed E-state index contributed by atoms with van der Waals surface area (Å²) in [5, 5.41) is 0. The zero-order chi connectivity index (χ0) is 14.9. The van der Waals surface area contributed by atoms with Gasteiger partial charge in [-0.2, -0.15) is 0 Å². The van der Waals surface area contributed by atoms with Crippen molar-refractivity contribution in [1.82, 2.24) is 0 Å². The minimum absolute atomic E-state index is 0.288. The average molecular weight is 300 g/mol. The largest absolute Gasteiger partial charge is 0.496 e. The highest BCUT2D eigenvalue weighted by Gasteiger charge is 2.26. The van der Waals surface area contributed by atoms with Crippen LogP contribution in [0.4, 0.5) is 0 Å². The number of nitrogens with one attached hydrogen (secondary N) is 1. The summed E-state index contributed by atoms with van der Waals surface area (Å²) >= 11 is 0. The number of ether oxygens (including phenoxy) is 4. The lowest BCUT2D eigenvalue weighted by Gasteiger charge is -2.26. The molecule has 0 amide bonds. The van der Waals surface area contributed by atoms with E-state index in [1.807, 2.05) is 30.3 Å². The molecule has 2 aromatic rings. The number of rotatable bonds is 3. The van der Waals surface area contributed by atoms with Crippen LogP contribution in [0, 0.1) is 0 Å². The van der Waals surface area contributed by atoms with Crippen LogP contribution in [-0.2, 0) is 13.1 Å². The summed E-state index contributed by atoms with van der Waals surface area (Å²) in [7, 11) is 1.71. The van der Waals surface area contributed by atoms with Crippen LogP contribution in [-0.4, -0.2) is 20.6 Å². The van der Waals surface area contributed by atoms with Gasteiger partial charge in [0.1, 0.15) is 24.6 Å². The first-order valence-corrected chi connectivity index (χ1v) is 7.34. The molecule has 114 valence electrons. The molecule has 2 aromatic carbocycles. The summed E-state index contributed by atoms with van der Waals surface area (Å²) in [5.74, 6) is 3.40. The van der Waals surface area contributed by atoms with E-state index in [2.05, 4.69) is 6.07 Å². The van der Waals surface area contributed by atoms with Crippen molar-refractivity contribution in [3.05, 3.63) is 47.5 Å². The highest BCUT2D eigenvalue weighted by molar-refractivity contribution is 5.51. The molecule has 2 heterocycles. The van der Waals surface area contributed by atoms with Crippen molar-refractivity contribution in [2.24, 2.45) is 0 Å². The zero-order valence-corrected chi connectivity index (χ0v) is 12.4. The van der Waals surface area contributed by atoms with Gasteiger partial charge in [-0.3, -0.25) is 4.90 Å². The number of hydrogen-bond acceptors (Lipinski definition) is 4. The molecule has 0 fully saturated rings. The van der Waals surface area contributed by atoms with E-state index in [9.17, 15) is 0 Å². The Morgan fingerprint density at radius 2 is 1.86 bits per heavy atom. The Hall–Kier alpha value is -2.40. The molecule has 2 aliphatic rings. The first kappa shape index (κ1) is 13.3. The van der Waals surface area contributed by atoms with Gasteiger partial charge in [-0.15, -0.1) is 0 Å². The van der Waals surface area contributed by atoms with Gasteiger partial charge in [0.2, 0.25) is 13.5 Å². The van der Waals surface area contributed by atoms with Crippen molar-refractivity contribution in [2.45, 2.75) is 13.1 Å². The molecular weight excluding hydrogens is 282 g/mol. The second-order valence-corrected chi connectivity index (χ2v) is 5.52. The van der Waals surface area contributed by atoms with Gasteiger partial charge in [-0.05, 0) is 18.2 Å². The zero-order valence-electron chi connectivity index (χ0n) is 12.4. The van der Waals surface area contributed by atoms with Crippen molar-refractivity contribution in [1.29, 1.82) is 0 Å². The van der Waals surface area contributed by atoms with Crippen LogP contribution >= 0.6 is 0 Å². The second kappa shape index (κ2) is 5.42. The van der Waals surface area contributed by atoms with E-state index in [4.69, 9.17) is 18.9 Å². The summed E-state index contributed by atoms with van der Waals surface area (Å²) < 4.78 is 22.2. The fraction of sp³-hybridized carbons (Fsp3) is 0.294. The second-order valence-electron chi connectivity index (χ2n) is 5.52. The molecule has 0 bridgehead atoms. The van der Waals surface area contributed by atoms with Gasteiger partial charge >= 0.3 is 0 Å². The molecule has 22 heavy (non-hydrogen) atoms. The Morgan fingerprint density at radius 3 is 2.73 bits per heavy atom. The van der Waals surface area contributed by atoms with E-state index in [1.165, 1.54) is 10.5 Å². The third-order valence-corrected chi connectivity index (χ3v) is 4.06. The number of fused-ring (bicyclic) bond motifs is 2. The molecule has 0 aliphatic carbocycles. The fourth-order valence-corrected chi connectivity index (χ4v) is 2.97. The summed E-state index contributed by atoms with van der Waals surface area (Å²) in [5.41, 5.74) is 2.34. The third kappa shape index (κ3) is 2.33. The quantitative estimate of drug-likeness (QED) is 0.929.